The summed E-state index contributed by atoms with van der Waals surface area (Å²) in [6, 6.07) is 0. The molecule has 1 heterocycles. The Bertz CT molecular complexity index is 166. The Balaban J connectivity index is 0. The van der Waals surface area contributed by atoms with E-state index in [0.29, 0.717) is 0 Å². The molecule has 4 heteroatoms. The van der Waals surface area contributed by atoms with Crippen LogP contribution in [0.3, 0.4) is 0 Å². The van der Waals surface area contributed by atoms with Gasteiger partial charge >= 0.3 is 0 Å². The lowest BCUT2D eigenvalue weighted by atomic mass is 10.3. The molecule has 0 atom stereocenters. The average Bonchev–Trinajstić information content (AvgIpc) is 2.05. The summed E-state index contributed by atoms with van der Waals surface area (Å²) in [5.74, 6) is 0. The van der Waals surface area contributed by atoms with Gasteiger partial charge in [-0.1, -0.05) is 0 Å². The van der Waals surface area contributed by atoms with Gasteiger partial charge in [0.25, 0.3) is 0 Å². The zero-order chi connectivity index (χ0) is 7.40. The van der Waals surface area contributed by atoms with E-state index in [1.54, 1.807) is 0 Å². The lowest BCUT2D eigenvalue weighted by Gasteiger charge is -2.20. The minimum Gasteiger partial charge on any atom is -0.388 e. The molecule has 12 heavy (non-hydrogen) atoms. The quantitative estimate of drug-likeness (QED) is 0.766. The third-order valence-electron chi connectivity index (χ3n) is 1.71. The van der Waals surface area contributed by atoms with E-state index in [1.165, 1.54) is 5.70 Å². The van der Waals surface area contributed by atoms with E-state index in [-0.39, 0.29) is 23.1 Å². The summed E-state index contributed by atoms with van der Waals surface area (Å²) < 4.78 is 0. The van der Waals surface area contributed by atoms with E-state index in [2.05, 4.69) is 35.5 Å². The summed E-state index contributed by atoms with van der Waals surface area (Å²) in [7, 11) is 1.94. The predicted octanol–water partition coefficient (Wildman–Crippen LogP) is 1.68. The second-order valence-corrected chi connectivity index (χ2v) is 2.31. The summed E-state index contributed by atoms with van der Waals surface area (Å²) >= 11 is 0. The molecular weight excluding hydrogens is 218 g/mol. The Morgan fingerprint density at radius 3 is 2.58 bits per heavy atom. The van der Waals surface area contributed by atoms with Crippen molar-refractivity contribution in [3.8, 4) is 0 Å². The molecule has 0 aromatic heterocycles. The summed E-state index contributed by atoms with van der Waals surface area (Å²) in [6.45, 7) is 4.27. The van der Waals surface area contributed by atoms with E-state index >= 15 is 0 Å². The van der Waals surface area contributed by atoms with Crippen molar-refractivity contribution in [2.24, 2.45) is 0 Å². The van der Waals surface area contributed by atoms with E-state index < -0.39 is 0 Å². The smallest absolute Gasteiger partial charge is 0.0376 e. The molecule has 3 nitrogen and oxygen atoms in total. The number of allylic oxidation sites excluding steroid dienone is 1. The molecule has 0 aromatic rings. The Hall–Kier alpha value is -0.480. The summed E-state index contributed by atoms with van der Waals surface area (Å²) in [4.78, 5) is 2.25. The van der Waals surface area contributed by atoms with E-state index in [0.717, 1.165) is 13.1 Å². The lowest BCUT2D eigenvalue weighted by Crippen LogP contribution is -2.21. The number of nitrogens with zero attached hydrogens (tertiary/aromatic N) is 1. The maximum atomic E-state index is 3.10. The molecule has 4 N–H and O–H groups in total. The maximum Gasteiger partial charge on any atom is 0.0376 e. The van der Waals surface area contributed by atoms with Gasteiger partial charge in [-0.2, -0.15) is 0 Å². The number of likely N-dealkylation sites (N-methyl/N-ethyl adjacent to an activating group) is 2. The average molecular weight is 236 g/mol. The van der Waals surface area contributed by atoms with Gasteiger partial charge in [0, 0.05) is 32.0 Å². The maximum absolute atomic E-state index is 3.10. The SMILES string of the molecule is Br.CCN1C=CC(NC)=CC1.N. The van der Waals surface area contributed by atoms with Crippen LogP contribution in [-0.4, -0.2) is 25.0 Å². The van der Waals surface area contributed by atoms with Gasteiger partial charge in [0.1, 0.15) is 0 Å². The van der Waals surface area contributed by atoms with Crippen LogP contribution in [0, 0.1) is 0 Å². The first-order chi connectivity index (χ1) is 4.86. The molecule has 0 bridgehead atoms. The fraction of sp³-hybridized carbons (Fsp3) is 0.500. The van der Waals surface area contributed by atoms with E-state index in [4.69, 9.17) is 0 Å². The van der Waals surface area contributed by atoms with Gasteiger partial charge in [0.15, 0.2) is 0 Å². The second kappa shape index (κ2) is 7.18. The van der Waals surface area contributed by atoms with Crippen LogP contribution in [0.4, 0.5) is 0 Å². The van der Waals surface area contributed by atoms with Crippen LogP contribution < -0.4 is 11.5 Å². The first kappa shape index (κ1) is 14.1. The van der Waals surface area contributed by atoms with E-state index in [9.17, 15) is 0 Å². The molecule has 0 amide bonds. The molecule has 0 saturated heterocycles. The number of nitrogens with one attached hydrogen (secondary N) is 1. The van der Waals surface area contributed by atoms with Crippen molar-refractivity contribution in [2.45, 2.75) is 6.92 Å². The zero-order valence-electron chi connectivity index (χ0n) is 7.71. The Labute approximate surface area is 84.9 Å². The molecule has 1 aliphatic heterocycles. The highest BCUT2D eigenvalue weighted by atomic mass is 79.9. The van der Waals surface area contributed by atoms with Gasteiger partial charge in [0.05, 0.1) is 0 Å². The fourth-order valence-corrected chi connectivity index (χ4v) is 0.950. The third-order valence-corrected chi connectivity index (χ3v) is 1.71. The molecule has 0 unspecified atom stereocenters. The predicted molar refractivity (Wildman–Crippen MR) is 58.9 cm³/mol. The topological polar surface area (TPSA) is 50.3 Å². The molecule has 72 valence electrons. The number of rotatable bonds is 2. The Kier molecular flexibility index (Phi) is 8.42. The molecule has 0 fully saturated rings. The van der Waals surface area contributed by atoms with Crippen LogP contribution in [0.5, 0.6) is 0 Å². The molecular formula is C8H18BrN3. The summed E-state index contributed by atoms with van der Waals surface area (Å²) in [5.41, 5.74) is 1.21. The molecule has 1 rings (SSSR count). The Morgan fingerprint density at radius 2 is 2.25 bits per heavy atom. The van der Waals surface area contributed by atoms with Crippen molar-refractivity contribution in [3.05, 3.63) is 24.0 Å². The standard InChI is InChI=1S/C8H14N2.BrH.H3N/c1-3-10-6-4-8(9-2)5-7-10;;/h4-6,9H,3,7H2,1-2H3;1H;1H3. The molecule has 0 aromatic carbocycles. The molecule has 1 aliphatic rings. The van der Waals surface area contributed by atoms with Crippen LogP contribution in [0.15, 0.2) is 24.0 Å². The largest absolute Gasteiger partial charge is 0.388 e. The van der Waals surface area contributed by atoms with Crippen LogP contribution in [0.25, 0.3) is 0 Å². The van der Waals surface area contributed by atoms with Gasteiger partial charge in [-0.05, 0) is 19.1 Å². The molecule has 0 spiro atoms. The van der Waals surface area contributed by atoms with Gasteiger partial charge < -0.3 is 16.4 Å². The van der Waals surface area contributed by atoms with Crippen LogP contribution >= 0.6 is 17.0 Å². The highest BCUT2D eigenvalue weighted by molar-refractivity contribution is 8.93. The van der Waals surface area contributed by atoms with Gasteiger partial charge in [0.2, 0.25) is 0 Å². The van der Waals surface area contributed by atoms with Crippen molar-refractivity contribution in [3.63, 3.8) is 0 Å². The van der Waals surface area contributed by atoms with Crippen LogP contribution in [0.1, 0.15) is 6.92 Å². The second-order valence-electron chi connectivity index (χ2n) is 2.31. The van der Waals surface area contributed by atoms with E-state index in [1.807, 2.05) is 7.05 Å². The van der Waals surface area contributed by atoms with Gasteiger partial charge in [-0.3, -0.25) is 0 Å². The van der Waals surface area contributed by atoms with Crippen molar-refractivity contribution >= 4 is 17.0 Å². The van der Waals surface area contributed by atoms with Gasteiger partial charge in [-0.15, -0.1) is 17.0 Å². The number of hydrogen-bond donors (Lipinski definition) is 2. The molecule has 0 radical (unpaired) electrons. The lowest BCUT2D eigenvalue weighted by molar-refractivity contribution is 0.432. The first-order valence-corrected chi connectivity index (χ1v) is 3.67. The minimum absolute atomic E-state index is 0. The summed E-state index contributed by atoms with van der Waals surface area (Å²) in [5, 5.41) is 3.10. The van der Waals surface area contributed by atoms with Crippen molar-refractivity contribution in [1.82, 2.24) is 16.4 Å². The monoisotopic (exact) mass is 235 g/mol. The molecule has 0 aliphatic carbocycles. The van der Waals surface area contributed by atoms with Gasteiger partial charge in [-0.25, -0.2) is 0 Å². The highest BCUT2D eigenvalue weighted by Crippen LogP contribution is 2.02. The first-order valence-electron chi connectivity index (χ1n) is 3.67. The van der Waals surface area contributed by atoms with Crippen molar-refractivity contribution < 1.29 is 0 Å². The minimum atomic E-state index is 0. The molecule has 0 saturated carbocycles. The van der Waals surface area contributed by atoms with Crippen LogP contribution in [0.2, 0.25) is 0 Å². The normalized spacial score (nSPS) is 14.2. The zero-order valence-corrected chi connectivity index (χ0v) is 9.42. The summed E-state index contributed by atoms with van der Waals surface area (Å²) in [6.07, 6.45) is 6.39. The van der Waals surface area contributed by atoms with Crippen LogP contribution in [-0.2, 0) is 0 Å². The fourth-order valence-electron chi connectivity index (χ4n) is 0.950. The number of hydrogen-bond acceptors (Lipinski definition) is 3. The highest BCUT2D eigenvalue weighted by Gasteiger charge is 1.98. The van der Waals surface area contributed by atoms with Crippen molar-refractivity contribution in [1.29, 1.82) is 0 Å². The Morgan fingerprint density at radius 1 is 1.58 bits per heavy atom. The van der Waals surface area contributed by atoms with Crippen molar-refractivity contribution in [2.75, 3.05) is 20.1 Å². The third kappa shape index (κ3) is 3.78. The number of halogens is 1.